The molecule has 2 rings (SSSR count). The summed E-state index contributed by atoms with van der Waals surface area (Å²) in [6.07, 6.45) is 2.79. The van der Waals surface area contributed by atoms with Gasteiger partial charge in [0, 0.05) is 13.1 Å². The maximum absolute atomic E-state index is 12.8. The molecule has 0 spiro atoms. The highest BCUT2D eigenvalue weighted by Gasteiger charge is 2.51. The van der Waals surface area contributed by atoms with Crippen LogP contribution >= 0.6 is 0 Å². The van der Waals surface area contributed by atoms with Gasteiger partial charge in [-0.25, -0.2) is 4.79 Å². The number of hydrogen-bond acceptors (Lipinski definition) is 5. The average Bonchev–Trinajstić information content (AvgIpc) is 2.87. The van der Waals surface area contributed by atoms with E-state index in [1.165, 1.54) is 0 Å². The van der Waals surface area contributed by atoms with Crippen molar-refractivity contribution >= 4 is 18.7 Å². The molecule has 1 aromatic carbocycles. The Morgan fingerprint density at radius 2 is 1.68 bits per heavy atom. The lowest BCUT2D eigenvalue weighted by atomic mass is 9.78. The van der Waals surface area contributed by atoms with Crippen molar-refractivity contribution in [2.75, 3.05) is 13.7 Å². The monoisotopic (exact) mass is 433 g/mol. The number of nitrogens with zero attached hydrogens (tertiary/aromatic N) is 1. The molecule has 0 bridgehead atoms. The Bertz CT molecular complexity index is 741. The first-order chi connectivity index (χ1) is 14.3. The molecular weight excluding hydrogens is 393 g/mol. The van der Waals surface area contributed by atoms with Crippen LogP contribution in [0.3, 0.4) is 0 Å². The lowest BCUT2D eigenvalue weighted by Crippen LogP contribution is -2.41. The lowest BCUT2D eigenvalue weighted by molar-refractivity contribution is 0.00578. The van der Waals surface area contributed by atoms with Gasteiger partial charge in [0.2, 0.25) is 0 Å². The Balaban J connectivity index is 2.28. The van der Waals surface area contributed by atoms with Crippen LogP contribution in [0.15, 0.2) is 18.2 Å². The molecule has 31 heavy (non-hydrogen) atoms. The maximum atomic E-state index is 12.8. The molecule has 1 aromatic rings. The fourth-order valence-electron chi connectivity index (χ4n) is 3.34. The van der Waals surface area contributed by atoms with Crippen molar-refractivity contribution < 1.29 is 23.6 Å². The van der Waals surface area contributed by atoms with Crippen molar-refractivity contribution in [3.8, 4) is 5.75 Å². The zero-order chi connectivity index (χ0) is 23.4. The van der Waals surface area contributed by atoms with Gasteiger partial charge in [-0.3, -0.25) is 0 Å². The van der Waals surface area contributed by atoms with E-state index in [9.17, 15) is 4.79 Å². The molecule has 7 heteroatoms. The third kappa shape index (κ3) is 6.88. The molecule has 1 heterocycles. The molecule has 1 saturated heterocycles. The molecule has 0 unspecified atom stereocenters. The van der Waals surface area contributed by atoms with Crippen LogP contribution in [0.25, 0.3) is 0 Å². The largest absolute Gasteiger partial charge is 0.497 e. The molecule has 0 aromatic heterocycles. The fraction of sp³-hybridized carbons (Fsp3) is 0.708. The Labute approximate surface area is 188 Å². The highest BCUT2D eigenvalue weighted by atomic mass is 16.7. The lowest BCUT2D eigenvalue weighted by Gasteiger charge is -2.32. The number of hydrogen-bond donors (Lipinski definition) is 0. The SMILES string of the molecule is CCCCCN(Cc1cc(OC)cc(B2OC(C)(C)C(C)(C)O2)c1)C(=O)OC(C)(C)C. The molecule has 1 aliphatic rings. The first-order valence-electron chi connectivity index (χ1n) is 11.3. The van der Waals surface area contributed by atoms with Crippen molar-refractivity contribution in [2.45, 2.75) is 98.0 Å². The van der Waals surface area contributed by atoms with E-state index in [4.69, 9.17) is 18.8 Å². The quantitative estimate of drug-likeness (QED) is 0.430. The topological polar surface area (TPSA) is 57.2 Å². The van der Waals surface area contributed by atoms with Crippen molar-refractivity contribution in [2.24, 2.45) is 0 Å². The van der Waals surface area contributed by atoms with Crippen LogP contribution in [0.4, 0.5) is 4.79 Å². The predicted molar refractivity (Wildman–Crippen MR) is 125 cm³/mol. The first kappa shape index (κ1) is 25.5. The molecule has 6 nitrogen and oxygen atoms in total. The van der Waals surface area contributed by atoms with Gasteiger partial charge in [-0.15, -0.1) is 0 Å². The van der Waals surface area contributed by atoms with E-state index in [-0.39, 0.29) is 6.09 Å². The van der Waals surface area contributed by atoms with E-state index in [0.717, 1.165) is 30.3 Å². The normalized spacial score (nSPS) is 17.5. The minimum atomic E-state index is -0.539. The van der Waals surface area contributed by atoms with Gasteiger partial charge < -0.3 is 23.7 Å². The van der Waals surface area contributed by atoms with Crippen LogP contribution in [0, 0.1) is 0 Å². The summed E-state index contributed by atoms with van der Waals surface area (Å²) >= 11 is 0. The van der Waals surface area contributed by atoms with Gasteiger partial charge in [0.05, 0.1) is 18.3 Å². The van der Waals surface area contributed by atoms with E-state index >= 15 is 0 Å². The number of amides is 1. The molecule has 0 saturated carbocycles. The molecule has 0 N–H and O–H groups in total. The van der Waals surface area contributed by atoms with Gasteiger partial charge in [0.25, 0.3) is 0 Å². The van der Waals surface area contributed by atoms with Gasteiger partial charge in [-0.05, 0) is 78.0 Å². The molecule has 0 atom stereocenters. The van der Waals surface area contributed by atoms with E-state index < -0.39 is 23.9 Å². The van der Waals surface area contributed by atoms with Crippen molar-refractivity contribution in [3.63, 3.8) is 0 Å². The summed E-state index contributed by atoms with van der Waals surface area (Å²) in [5.41, 5.74) is 0.437. The summed E-state index contributed by atoms with van der Waals surface area (Å²) in [5, 5.41) is 0. The number of rotatable bonds is 8. The molecular formula is C24H40BNO5. The Hall–Kier alpha value is -1.73. The number of unbranched alkanes of at least 4 members (excludes halogenated alkanes) is 2. The molecule has 0 aliphatic carbocycles. The minimum absolute atomic E-state index is 0.302. The summed E-state index contributed by atoms with van der Waals surface area (Å²) in [6.45, 7) is 17.0. The van der Waals surface area contributed by atoms with Crippen LogP contribution in [0.5, 0.6) is 5.75 Å². The Kier molecular flexibility index (Phi) is 8.09. The highest BCUT2D eigenvalue weighted by Crippen LogP contribution is 2.36. The standard InChI is InChI=1S/C24H40BNO5/c1-10-11-12-13-26(21(27)29-22(2,3)4)17-18-14-19(16-20(15-18)28-9)25-30-23(5,6)24(7,8)31-25/h14-16H,10-13,17H2,1-9H3. The summed E-state index contributed by atoms with van der Waals surface area (Å²) < 4.78 is 23.6. The van der Waals surface area contributed by atoms with Crippen LogP contribution in [-0.4, -0.2) is 48.6 Å². The maximum Gasteiger partial charge on any atom is 0.494 e. The van der Waals surface area contributed by atoms with E-state index in [2.05, 4.69) is 6.92 Å². The third-order valence-electron chi connectivity index (χ3n) is 5.81. The number of methoxy groups -OCH3 is 1. The van der Waals surface area contributed by atoms with Crippen LogP contribution in [-0.2, 0) is 20.6 Å². The summed E-state index contributed by atoms with van der Waals surface area (Å²) in [6, 6.07) is 5.91. The highest BCUT2D eigenvalue weighted by molar-refractivity contribution is 6.62. The number of carbonyl (C=O) groups excluding carboxylic acids is 1. The van der Waals surface area contributed by atoms with Crippen molar-refractivity contribution in [1.29, 1.82) is 0 Å². The van der Waals surface area contributed by atoms with Crippen LogP contribution < -0.4 is 10.2 Å². The summed E-state index contributed by atoms with van der Waals surface area (Å²) in [4.78, 5) is 14.6. The second-order valence-electron chi connectivity index (χ2n) is 10.3. The van der Waals surface area contributed by atoms with Crippen molar-refractivity contribution in [1.82, 2.24) is 4.90 Å². The average molecular weight is 433 g/mol. The zero-order valence-electron chi connectivity index (χ0n) is 20.8. The van der Waals surface area contributed by atoms with Gasteiger partial charge >= 0.3 is 13.2 Å². The van der Waals surface area contributed by atoms with Crippen molar-refractivity contribution in [3.05, 3.63) is 23.8 Å². The Morgan fingerprint density at radius 1 is 1.06 bits per heavy atom. The number of ether oxygens (including phenoxy) is 2. The molecule has 1 amide bonds. The summed E-state index contributed by atoms with van der Waals surface area (Å²) in [7, 11) is 1.15. The third-order valence-corrected chi connectivity index (χ3v) is 5.81. The Morgan fingerprint density at radius 3 is 2.19 bits per heavy atom. The van der Waals surface area contributed by atoms with Crippen LogP contribution in [0.2, 0.25) is 0 Å². The van der Waals surface area contributed by atoms with Crippen LogP contribution in [0.1, 0.15) is 80.2 Å². The van der Waals surface area contributed by atoms with Gasteiger partial charge in [0.1, 0.15) is 11.4 Å². The second kappa shape index (κ2) is 9.82. The first-order valence-corrected chi connectivity index (χ1v) is 11.3. The van der Waals surface area contributed by atoms with E-state index in [1.54, 1.807) is 12.0 Å². The number of benzene rings is 1. The van der Waals surface area contributed by atoms with E-state index in [1.807, 2.05) is 66.7 Å². The fourth-order valence-corrected chi connectivity index (χ4v) is 3.34. The molecule has 174 valence electrons. The molecule has 1 fully saturated rings. The second-order valence-corrected chi connectivity index (χ2v) is 10.3. The van der Waals surface area contributed by atoms with Gasteiger partial charge in [-0.2, -0.15) is 0 Å². The summed E-state index contributed by atoms with van der Waals surface area (Å²) in [5.74, 6) is 0.708. The predicted octanol–water partition coefficient (Wildman–Crippen LogP) is 4.92. The zero-order valence-corrected chi connectivity index (χ0v) is 20.8. The molecule has 0 radical (unpaired) electrons. The van der Waals surface area contributed by atoms with Gasteiger partial charge in [-0.1, -0.05) is 25.8 Å². The number of carbonyl (C=O) groups is 1. The minimum Gasteiger partial charge on any atom is -0.497 e. The van der Waals surface area contributed by atoms with E-state index in [0.29, 0.717) is 18.8 Å². The smallest absolute Gasteiger partial charge is 0.494 e. The molecule has 1 aliphatic heterocycles. The van der Waals surface area contributed by atoms with Gasteiger partial charge in [0.15, 0.2) is 0 Å².